The molecule has 1 fully saturated rings. The van der Waals surface area contributed by atoms with Crippen LogP contribution in [0.4, 0.5) is 0 Å². The maximum atomic E-state index is 12.2. The molecule has 1 aromatic carbocycles. The highest BCUT2D eigenvalue weighted by Gasteiger charge is 2.23. The molecule has 0 bridgehead atoms. The molecule has 1 saturated heterocycles. The number of nitrogens with zero attached hydrogens (tertiary/aromatic N) is 1. The molecule has 0 unspecified atom stereocenters. The van der Waals surface area contributed by atoms with Crippen molar-refractivity contribution in [3.05, 3.63) is 30.3 Å². The molecule has 110 valence electrons. The second-order valence-electron chi connectivity index (χ2n) is 5.22. The Morgan fingerprint density at radius 1 is 0.950 bits per heavy atom. The number of carbonyl (C=O) groups excluding carboxylic acids is 1. The highest BCUT2D eigenvalue weighted by Crippen LogP contribution is 2.14. The largest absolute Gasteiger partial charge is 0.342 e. The van der Waals surface area contributed by atoms with E-state index in [1.165, 1.54) is 18.6 Å². The Morgan fingerprint density at radius 2 is 1.50 bits per heavy atom. The molecule has 1 aliphatic heterocycles. The number of carbonyl (C=O) groups is 1. The van der Waals surface area contributed by atoms with E-state index in [9.17, 15) is 13.2 Å². The Labute approximate surface area is 120 Å². The third kappa shape index (κ3) is 4.07. The smallest absolute Gasteiger partial charge is 0.238 e. The summed E-state index contributed by atoms with van der Waals surface area (Å²) in [6.45, 7) is 1.37. The third-order valence-corrected chi connectivity index (χ3v) is 5.24. The van der Waals surface area contributed by atoms with Crippen molar-refractivity contribution in [2.45, 2.75) is 37.0 Å². The van der Waals surface area contributed by atoms with Gasteiger partial charge in [-0.1, -0.05) is 37.5 Å². The topological polar surface area (TPSA) is 54.5 Å². The van der Waals surface area contributed by atoms with E-state index in [0.717, 1.165) is 25.7 Å². The molecular weight excluding hydrogens is 274 g/mol. The van der Waals surface area contributed by atoms with Gasteiger partial charge < -0.3 is 4.90 Å². The zero-order valence-corrected chi connectivity index (χ0v) is 12.4. The molecule has 1 heterocycles. The Kier molecular flexibility index (Phi) is 5.17. The zero-order chi connectivity index (χ0) is 14.4. The molecule has 1 amide bonds. The van der Waals surface area contributed by atoms with Crippen LogP contribution in [0.15, 0.2) is 35.2 Å². The highest BCUT2D eigenvalue weighted by atomic mass is 32.2. The molecule has 20 heavy (non-hydrogen) atoms. The first-order valence-electron chi connectivity index (χ1n) is 7.15. The minimum atomic E-state index is -3.52. The van der Waals surface area contributed by atoms with Crippen LogP contribution in [0.1, 0.15) is 32.1 Å². The zero-order valence-electron chi connectivity index (χ0n) is 11.6. The monoisotopic (exact) mass is 295 g/mol. The van der Waals surface area contributed by atoms with Gasteiger partial charge in [-0.15, -0.1) is 0 Å². The van der Waals surface area contributed by atoms with Gasteiger partial charge in [-0.25, -0.2) is 8.42 Å². The number of hydrogen-bond donors (Lipinski definition) is 0. The minimum Gasteiger partial charge on any atom is -0.342 e. The summed E-state index contributed by atoms with van der Waals surface area (Å²) in [6.07, 6.45) is 5.39. The number of likely N-dealkylation sites (tertiary alicyclic amines) is 1. The summed E-state index contributed by atoms with van der Waals surface area (Å²) >= 11 is 0. The molecule has 4 nitrogen and oxygen atoms in total. The first-order chi connectivity index (χ1) is 9.59. The number of sulfone groups is 1. The van der Waals surface area contributed by atoms with Gasteiger partial charge >= 0.3 is 0 Å². The third-order valence-electron chi connectivity index (χ3n) is 3.62. The van der Waals surface area contributed by atoms with Gasteiger partial charge in [-0.3, -0.25) is 4.79 Å². The van der Waals surface area contributed by atoms with Crippen molar-refractivity contribution in [2.24, 2.45) is 0 Å². The van der Waals surface area contributed by atoms with Crippen LogP contribution in [0, 0.1) is 0 Å². The predicted molar refractivity (Wildman–Crippen MR) is 78.2 cm³/mol. The second-order valence-corrected chi connectivity index (χ2v) is 7.21. The molecule has 0 radical (unpaired) electrons. The lowest BCUT2D eigenvalue weighted by Crippen LogP contribution is -2.37. The molecule has 0 atom stereocenters. The Bertz CT molecular complexity index is 531. The predicted octanol–water partition coefficient (Wildman–Crippen LogP) is 2.25. The summed E-state index contributed by atoms with van der Waals surface area (Å²) in [5.41, 5.74) is 0. The summed E-state index contributed by atoms with van der Waals surface area (Å²) in [5, 5.41) is 0. The van der Waals surface area contributed by atoms with Gasteiger partial charge in [0.25, 0.3) is 0 Å². The molecule has 1 aliphatic rings. The van der Waals surface area contributed by atoms with Gasteiger partial charge in [0, 0.05) is 13.1 Å². The van der Waals surface area contributed by atoms with Crippen LogP contribution >= 0.6 is 0 Å². The molecule has 0 aliphatic carbocycles. The number of benzene rings is 1. The average Bonchev–Trinajstić information content (AvgIpc) is 2.38. The van der Waals surface area contributed by atoms with Crippen molar-refractivity contribution in [2.75, 3.05) is 18.8 Å². The van der Waals surface area contributed by atoms with Gasteiger partial charge in [0.05, 0.1) is 4.90 Å². The van der Waals surface area contributed by atoms with E-state index in [1.807, 2.05) is 0 Å². The fraction of sp³-hybridized carbons (Fsp3) is 0.533. The molecule has 0 aromatic heterocycles. The first-order valence-corrected chi connectivity index (χ1v) is 8.80. The lowest BCUT2D eigenvalue weighted by molar-refractivity contribution is -0.128. The standard InChI is InChI=1S/C15H21NO3S/c17-15(16-11-7-2-1-3-8-12-16)13-20(18,19)14-9-5-4-6-10-14/h4-6,9-10H,1-3,7-8,11-13H2. The van der Waals surface area contributed by atoms with E-state index < -0.39 is 15.6 Å². The van der Waals surface area contributed by atoms with Crippen LogP contribution in [-0.4, -0.2) is 38.1 Å². The molecule has 0 saturated carbocycles. The molecule has 5 heteroatoms. The van der Waals surface area contributed by atoms with Crippen LogP contribution in [-0.2, 0) is 14.6 Å². The van der Waals surface area contributed by atoms with E-state index in [-0.39, 0.29) is 10.8 Å². The van der Waals surface area contributed by atoms with Crippen molar-refractivity contribution >= 4 is 15.7 Å². The lowest BCUT2D eigenvalue weighted by Gasteiger charge is -2.24. The van der Waals surface area contributed by atoms with Crippen LogP contribution in [0.5, 0.6) is 0 Å². The van der Waals surface area contributed by atoms with E-state index >= 15 is 0 Å². The van der Waals surface area contributed by atoms with E-state index in [1.54, 1.807) is 23.1 Å². The van der Waals surface area contributed by atoms with Gasteiger partial charge in [-0.2, -0.15) is 0 Å². The lowest BCUT2D eigenvalue weighted by atomic mass is 10.1. The summed E-state index contributed by atoms with van der Waals surface area (Å²) < 4.78 is 24.4. The van der Waals surface area contributed by atoms with E-state index in [4.69, 9.17) is 0 Å². The normalized spacial score (nSPS) is 17.3. The van der Waals surface area contributed by atoms with Crippen molar-refractivity contribution in [3.8, 4) is 0 Å². The minimum absolute atomic E-state index is 0.223. The maximum absolute atomic E-state index is 12.2. The average molecular weight is 295 g/mol. The van der Waals surface area contributed by atoms with Gasteiger partial charge in [0.15, 0.2) is 9.84 Å². The first kappa shape index (κ1) is 15.0. The van der Waals surface area contributed by atoms with Gasteiger partial charge in [0.2, 0.25) is 5.91 Å². The van der Waals surface area contributed by atoms with Gasteiger partial charge in [0.1, 0.15) is 5.75 Å². The Hall–Kier alpha value is -1.36. The second kappa shape index (κ2) is 6.88. The maximum Gasteiger partial charge on any atom is 0.238 e. The van der Waals surface area contributed by atoms with Crippen molar-refractivity contribution in [1.29, 1.82) is 0 Å². The number of amides is 1. The fourth-order valence-electron chi connectivity index (χ4n) is 2.46. The summed E-state index contributed by atoms with van der Waals surface area (Å²) in [4.78, 5) is 14.1. The Balaban J connectivity index is 2.02. The van der Waals surface area contributed by atoms with Crippen molar-refractivity contribution in [3.63, 3.8) is 0 Å². The summed E-state index contributed by atoms with van der Waals surface area (Å²) in [5.74, 6) is -0.687. The van der Waals surface area contributed by atoms with Crippen LogP contribution < -0.4 is 0 Å². The number of hydrogen-bond acceptors (Lipinski definition) is 3. The van der Waals surface area contributed by atoms with Crippen LogP contribution in [0.3, 0.4) is 0 Å². The van der Waals surface area contributed by atoms with Crippen molar-refractivity contribution in [1.82, 2.24) is 4.90 Å². The summed E-state index contributed by atoms with van der Waals surface area (Å²) in [7, 11) is -3.52. The van der Waals surface area contributed by atoms with Crippen LogP contribution in [0.2, 0.25) is 0 Å². The number of rotatable bonds is 3. The molecular formula is C15H21NO3S. The highest BCUT2D eigenvalue weighted by molar-refractivity contribution is 7.92. The Morgan fingerprint density at radius 3 is 2.10 bits per heavy atom. The SMILES string of the molecule is O=C(CS(=O)(=O)c1ccccc1)N1CCCCCCC1. The summed E-state index contributed by atoms with van der Waals surface area (Å²) in [6, 6.07) is 8.19. The molecule has 0 spiro atoms. The van der Waals surface area contributed by atoms with Crippen LogP contribution in [0.25, 0.3) is 0 Å². The van der Waals surface area contributed by atoms with Gasteiger partial charge in [-0.05, 0) is 25.0 Å². The molecule has 0 N–H and O–H groups in total. The molecule has 1 aromatic rings. The van der Waals surface area contributed by atoms with E-state index in [0.29, 0.717) is 13.1 Å². The molecule has 2 rings (SSSR count). The quantitative estimate of drug-likeness (QED) is 0.859. The van der Waals surface area contributed by atoms with E-state index in [2.05, 4.69) is 0 Å². The van der Waals surface area contributed by atoms with Crippen molar-refractivity contribution < 1.29 is 13.2 Å². The fourth-order valence-corrected chi connectivity index (χ4v) is 3.71.